The summed E-state index contributed by atoms with van der Waals surface area (Å²) >= 11 is 0. The Bertz CT molecular complexity index is 617. The molecular formula is C19H29N3O3. The minimum absolute atomic E-state index is 0.0586. The number of aryl methyl sites for hydroxylation is 1. The number of urea groups is 1. The van der Waals surface area contributed by atoms with E-state index in [4.69, 9.17) is 4.74 Å². The van der Waals surface area contributed by atoms with Crippen LogP contribution in [0.1, 0.15) is 39.2 Å². The molecule has 0 bridgehead atoms. The molecule has 1 aliphatic heterocycles. The summed E-state index contributed by atoms with van der Waals surface area (Å²) in [5.74, 6) is 0.413. The van der Waals surface area contributed by atoms with Crippen molar-refractivity contribution in [3.63, 3.8) is 0 Å². The quantitative estimate of drug-likeness (QED) is 0.779. The number of carbonyl (C=O) groups is 2. The molecule has 0 radical (unpaired) electrons. The molecule has 0 aliphatic carbocycles. The number of nitrogens with one attached hydrogen (secondary N) is 3. The monoisotopic (exact) mass is 347 g/mol. The summed E-state index contributed by atoms with van der Waals surface area (Å²) in [6.07, 6.45) is 1.96. The smallest absolute Gasteiger partial charge is 0.319 e. The van der Waals surface area contributed by atoms with Gasteiger partial charge >= 0.3 is 6.03 Å². The third-order valence-electron chi connectivity index (χ3n) is 4.32. The number of ether oxygens (including phenoxy) is 1. The predicted molar refractivity (Wildman–Crippen MR) is 99.8 cm³/mol. The first-order valence-corrected chi connectivity index (χ1v) is 8.80. The van der Waals surface area contributed by atoms with Gasteiger partial charge in [-0.25, -0.2) is 4.79 Å². The van der Waals surface area contributed by atoms with Crippen LogP contribution in [-0.4, -0.2) is 31.7 Å². The molecule has 1 aliphatic rings. The van der Waals surface area contributed by atoms with Gasteiger partial charge in [0.15, 0.2) is 0 Å². The average molecular weight is 347 g/mol. The molecule has 0 spiro atoms. The number of amides is 3. The summed E-state index contributed by atoms with van der Waals surface area (Å²) in [5, 5.41) is 8.66. The lowest BCUT2D eigenvalue weighted by molar-refractivity contribution is -0.123. The van der Waals surface area contributed by atoms with Gasteiger partial charge in [-0.3, -0.25) is 4.79 Å². The standard InChI is InChI=1S/C19H29N3O3/c1-13-5-6-15(11-16(13)22-17(23)19(2,3)4)21-18(24)20-12-14-7-9-25-10-8-14/h5-6,11,14H,7-10,12H2,1-4H3,(H,22,23)(H2,20,21,24). The van der Waals surface area contributed by atoms with E-state index >= 15 is 0 Å². The van der Waals surface area contributed by atoms with Gasteiger partial charge in [0.05, 0.1) is 0 Å². The molecule has 3 N–H and O–H groups in total. The highest BCUT2D eigenvalue weighted by molar-refractivity contribution is 5.96. The summed E-state index contributed by atoms with van der Waals surface area (Å²) in [6.45, 7) is 9.70. The van der Waals surface area contributed by atoms with Gasteiger partial charge in [0, 0.05) is 36.5 Å². The molecule has 1 saturated heterocycles. The first kappa shape index (κ1) is 19.2. The van der Waals surface area contributed by atoms with Crippen molar-refractivity contribution >= 4 is 23.3 Å². The Hall–Kier alpha value is -2.08. The molecule has 138 valence electrons. The van der Waals surface area contributed by atoms with Crippen LogP contribution in [0.5, 0.6) is 0 Å². The minimum atomic E-state index is -0.475. The number of anilines is 2. The molecule has 6 heteroatoms. The lowest BCUT2D eigenvalue weighted by Gasteiger charge is -2.22. The zero-order valence-corrected chi connectivity index (χ0v) is 15.6. The first-order chi connectivity index (χ1) is 11.8. The van der Waals surface area contributed by atoms with Gasteiger partial charge in [-0.2, -0.15) is 0 Å². The molecule has 0 aromatic heterocycles. The highest BCUT2D eigenvalue weighted by Crippen LogP contribution is 2.23. The molecule has 1 fully saturated rings. The van der Waals surface area contributed by atoms with E-state index in [9.17, 15) is 9.59 Å². The van der Waals surface area contributed by atoms with Crippen LogP contribution in [0.15, 0.2) is 18.2 Å². The van der Waals surface area contributed by atoms with E-state index in [0.29, 0.717) is 23.8 Å². The van der Waals surface area contributed by atoms with Crippen molar-refractivity contribution in [1.82, 2.24) is 5.32 Å². The highest BCUT2D eigenvalue weighted by Gasteiger charge is 2.22. The second-order valence-corrected chi connectivity index (χ2v) is 7.62. The molecule has 25 heavy (non-hydrogen) atoms. The Morgan fingerprint density at radius 3 is 2.48 bits per heavy atom. The Kier molecular flexibility index (Phi) is 6.42. The van der Waals surface area contributed by atoms with Gasteiger partial charge in [0.2, 0.25) is 5.91 Å². The molecule has 1 aromatic carbocycles. The van der Waals surface area contributed by atoms with E-state index in [1.807, 2.05) is 39.8 Å². The van der Waals surface area contributed by atoms with Gasteiger partial charge in [0.25, 0.3) is 0 Å². The van der Waals surface area contributed by atoms with Crippen molar-refractivity contribution in [2.24, 2.45) is 11.3 Å². The van der Waals surface area contributed by atoms with Crippen molar-refractivity contribution in [1.29, 1.82) is 0 Å². The van der Waals surface area contributed by atoms with Crippen LogP contribution in [0, 0.1) is 18.3 Å². The molecule has 1 aromatic rings. The second-order valence-electron chi connectivity index (χ2n) is 7.62. The third-order valence-corrected chi connectivity index (χ3v) is 4.32. The summed E-state index contributed by atoms with van der Waals surface area (Å²) in [6, 6.07) is 5.26. The average Bonchev–Trinajstić information content (AvgIpc) is 2.56. The van der Waals surface area contributed by atoms with Crippen LogP contribution < -0.4 is 16.0 Å². The lowest BCUT2D eigenvalue weighted by atomic mass is 9.95. The van der Waals surface area contributed by atoms with Crippen LogP contribution in [-0.2, 0) is 9.53 Å². The number of hydrogen-bond donors (Lipinski definition) is 3. The summed E-state index contributed by atoms with van der Waals surface area (Å²) in [4.78, 5) is 24.3. The molecule has 0 unspecified atom stereocenters. The number of benzene rings is 1. The van der Waals surface area contributed by atoms with Gasteiger partial charge < -0.3 is 20.7 Å². The van der Waals surface area contributed by atoms with Crippen molar-refractivity contribution in [3.05, 3.63) is 23.8 Å². The zero-order chi connectivity index (χ0) is 18.4. The van der Waals surface area contributed by atoms with E-state index in [0.717, 1.165) is 31.6 Å². The molecule has 0 saturated carbocycles. The molecule has 2 rings (SSSR count). The minimum Gasteiger partial charge on any atom is -0.381 e. The van der Waals surface area contributed by atoms with Crippen LogP contribution in [0.2, 0.25) is 0 Å². The Labute approximate surface area is 149 Å². The van der Waals surface area contributed by atoms with Crippen LogP contribution in [0.4, 0.5) is 16.2 Å². The van der Waals surface area contributed by atoms with E-state index in [1.165, 1.54) is 0 Å². The van der Waals surface area contributed by atoms with E-state index in [-0.39, 0.29) is 11.9 Å². The second kappa shape index (κ2) is 8.34. The SMILES string of the molecule is Cc1ccc(NC(=O)NCC2CCOCC2)cc1NC(=O)C(C)(C)C. The molecule has 0 atom stereocenters. The van der Waals surface area contributed by atoms with Crippen LogP contribution >= 0.6 is 0 Å². The van der Waals surface area contributed by atoms with Gasteiger partial charge in [-0.05, 0) is 43.4 Å². The molecular weight excluding hydrogens is 318 g/mol. The Balaban J connectivity index is 1.92. The number of carbonyl (C=O) groups excluding carboxylic acids is 2. The molecule has 3 amide bonds. The maximum absolute atomic E-state index is 12.2. The van der Waals surface area contributed by atoms with Crippen LogP contribution in [0.3, 0.4) is 0 Å². The largest absolute Gasteiger partial charge is 0.381 e. The normalized spacial score (nSPS) is 15.5. The maximum Gasteiger partial charge on any atom is 0.319 e. The fourth-order valence-electron chi connectivity index (χ4n) is 2.51. The fourth-order valence-corrected chi connectivity index (χ4v) is 2.51. The van der Waals surface area contributed by atoms with Crippen molar-refractivity contribution in [2.45, 2.75) is 40.5 Å². The number of rotatable bonds is 4. The lowest BCUT2D eigenvalue weighted by Crippen LogP contribution is -2.35. The van der Waals surface area contributed by atoms with Gasteiger partial charge in [-0.15, -0.1) is 0 Å². The van der Waals surface area contributed by atoms with Crippen molar-refractivity contribution in [3.8, 4) is 0 Å². The summed E-state index contributed by atoms with van der Waals surface area (Å²) in [5.41, 5.74) is 1.84. The first-order valence-electron chi connectivity index (χ1n) is 8.80. The molecule has 6 nitrogen and oxygen atoms in total. The topological polar surface area (TPSA) is 79.5 Å². The summed E-state index contributed by atoms with van der Waals surface area (Å²) in [7, 11) is 0. The van der Waals surface area contributed by atoms with E-state index in [2.05, 4.69) is 16.0 Å². The third kappa shape index (κ3) is 6.05. The predicted octanol–water partition coefficient (Wildman–Crippen LogP) is 3.53. The number of hydrogen-bond acceptors (Lipinski definition) is 3. The summed E-state index contributed by atoms with van der Waals surface area (Å²) < 4.78 is 5.32. The van der Waals surface area contributed by atoms with Gasteiger partial charge in [0.1, 0.15) is 0 Å². The highest BCUT2D eigenvalue weighted by atomic mass is 16.5. The van der Waals surface area contributed by atoms with Gasteiger partial charge in [-0.1, -0.05) is 26.8 Å². The zero-order valence-electron chi connectivity index (χ0n) is 15.6. The fraction of sp³-hybridized carbons (Fsp3) is 0.579. The van der Waals surface area contributed by atoms with Crippen LogP contribution in [0.25, 0.3) is 0 Å². The van der Waals surface area contributed by atoms with E-state index < -0.39 is 5.41 Å². The maximum atomic E-state index is 12.2. The van der Waals surface area contributed by atoms with Crippen molar-refractivity contribution < 1.29 is 14.3 Å². The molecule has 1 heterocycles. The Morgan fingerprint density at radius 1 is 1.16 bits per heavy atom. The Morgan fingerprint density at radius 2 is 1.84 bits per heavy atom. The van der Waals surface area contributed by atoms with E-state index in [1.54, 1.807) is 6.07 Å². The van der Waals surface area contributed by atoms with Crippen molar-refractivity contribution in [2.75, 3.05) is 30.4 Å².